The summed E-state index contributed by atoms with van der Waals surface area (Å²) >= 11 is 0. The van der Waals surface area contributed by atoms with Crippen LogP contribution in [0.1, 0.15) is 19.4 Å². The van der Waals surface area contributed by atoms with E-state index in [-0.39, 0.29) is 6.61 Å². The van der Waals surface area contributed by atoms with Crippen LogP contribution in [0.3, 0.4) is 0 Å². The third-order valence-corrected chi connectivity index (χ3v) is 3.69. The Hall–Kier alpha value is -3.48. The van der Waals surface area contributed by atoms with Gasteiger partial charge >= 0.3 is 5.97 Å². The monoisotopic (exact) mass is 399 g/mol. The van der Waals surface area contributed by atoms with Crippen molar-refractivity contribution in [1.82, 2.24) is 0 Å². The van der Waals surface area contributed by atoms with Gasteiger partial charge in [0.25, 0.3) is 5.91 Å². The fourth-order valence-electron chi connectivity index (χ4n) is 2.41. The Labute approximate surface area is 170 Å². The molecule has 0 heterocycles. The molecule has 7 heteroatoms. The Bertz CT molecular complexity index is 845. The highest BCUT2D eigenvalue weighted by atomic mass is 16.5. The van der Waals surface area contributed by atoms with Crippen LogP contribution in [-0.2, 0) is 14.3 Å². The summed E-state index contributed by atoms with van der Waals surface area (Å²) in [7, 11) is 1.54. The lowest BCUT2D eigenvalue weighted by Gasteiger charge is -2.09. The minimum absolute atomic E-state index is 0.386. The van der Waals surface area contributed by atoms with Gasteiger partial charge in [-0.15, -0.1) is 0 Å². The minimum atomic E-state index is -0.625. The average molecular weight is 399 g/mol. The van der Waals surface area contributed by atoms with Gasteiger partial charge in [-0.1, -0.05) is 6.07 Å². The fraction of sp³-hybridized carbons (Fsp3) is 0.273. The molecule has 0 unspecified atom stereocenters. The van der Waals surface area contributed by atoms with E-state index in [1.807, 2.05) is 13.8 Å². The molecule has 2 rings (SSSR count). The van der Waals surface area contributed by atoms with Crippen LogP contribution in [0, 0.1) is 0 Å². The lowest BCUT2D eigenvalue weighted by molar-refractivity contribution is -0.142. The maximum absolute atomic E-state index is 11.9. The second-order valence-corrected chi connectivity index (χ2v) is 5.79. The van der Waals surface area contributed by atoms with Gasteiger partial charge in [0.1, 0.15) is 5.75 Å². The predicted molar refractivity (Wildman–Crippen MR) is 110 cm³/mol. The minimum Gasteiger partial charge on any atom is -0.494 e. The Kier molecular flexibility index (Phi) is 8.56. The third kappa shape index (κ3) is 7.21. The van der Waals surface area contributed by atoms with Crippen LogP contribution in [0.15, 0.2) is 48.5 Å². The summed E-state index contributed by atoms with van der Waals surface area (Å²) < 4.78 is 21.0. The normalized spacial score (nSPS) is 10.4. The van der Waals surface area contributed by atoms with Gasteiger partial charge in [-0.3, -0.25) is 4.79 Å². The quantitative estimate of drug-likeness (QED) is 0.485. The molecule has 29 heavy (non-hydrogen) atoms. The molecule has 0 fully saturated rings. The van der Waals surface area contributed by atoms with Crippen LogP contribution < -0.4 is 19.5 Å². The molecule has 0 saturated carbocycles. The van der Waals surface area contributed by atoms with Crippen molar-refractivity contribution < 1.29 is 28.5 Å². The fourth-order valence-corrected chi connectivity index (χ4v) is 2.41. The van der Waals surface area contributed by atoms with E-state index in [1.165, 1.54) is 6.08 Å². The van der Waals surface area contributed by atoms with Gasteiger partial charge in [0.05, 0.1) is 20.3 Å². The zero-order valence-corrected chi connectivity index (χ0v) is 16.8. The van der Waals surface area contributed by atoms with Crippen molar-refractivity contribution in [2.75, 3.05) is 32.2 Å². The molecule has 2 aromatic rings. The van der Waals surface area contributed by atoms with E-state index in [0.29, 0.717) is 36.1 Å². The summed E-state index contributed by atoms with van der Waals surface area (Å²) in [5, 5.41) is 2.65. The number of carbonyl (C=O) groups excluding carboxylic acids is 2. The molecule has 0 saturated heterocycles. The first-order valence-electron chi connectivity index (χ1n) is 9.24. The van der Waals surface area contributed by atoms with Crippen molar-refractivity contribution >= 4 is 23.6 Å². The molecule has 0 aromatic heterocycles. The standard InChI is InChI=1S/C22H25NO6/c1-4-27-18-10-8-17(9-11-18)23-21(24)15-29-22(25)13-7-16-6-12-19(28-5-2)20(14-16)26-3/h6-14H,4-5,15H2,1-3H3,(H,23,24)/b13-7+. The molecule has 0 aliphatic rings. The number of hydrogen-bond acceptors (Lipinski definition) is 6. The van der Waals surface area contributed by atoms with Crippen molar-refractivity contribution in [3.05, 3.63) is 54.1 Å². The summed E-state index contributed by atoms with van der Waals surface area (Å²) in [5.74, 6) is 0.851. The van der Waals surface area contributed by atoms with Gasteiger partial charge in [0, 0.05) is 11.8 Å². The van der Waals surface area contributed by atoms with Gasteiger partial charge in [-0.25, -0.2) is 4.79 Å². The van der Waals surface area contributed by atoms with Gasteiger partial charge in [-0.2, -0.15) is 0 Å². The third-order valence-electron chi connectivity index (χ3n) is 3.69. The van der Waals surface area contributed by atoms with E-state index in [2.05, 4.69) is 5.32 Å². The Morgan fingerprint density at radius 3 is 2.34 bits per heavy atom. The number of methoxy groups -OCH3 is 1. The van der Waals surface area contributed by atoms with Crippen molar-refractivity contribution in [3.8, 4) is 17.2 Å². The molecule has 0 atom stereocenters. The summed E-state index contributed by atoms with van der Waals surface area (Å²) in [6.45, 7) is 4.48. The van der Waals surface area contributed by atoms with Gasteiger partial charge in [-0.05, 0) is 61.9 Å². The van der Waals surface area contributed by atoms with Crippen LogP contribution in [0.2, 0.25) is 0 Å². The van der Waals surface area contributed by atoms with E-state index in [1.54, 1.807) is 55.7 Å². The first-order chi connectivity index (χ1) is 14.0. The van der Waals surface area contributed by atoms with Crippen molar-refractivity contribution in [2.24, 2.45) is 0 Å². The number of anilines is 1. The molecular weight excluding hydrogens is 374 g/mol. The lowest BCUT2D eigenvalue weighted by Crippen LogP contribution is -2.20. The molecule has 0 radical (unpaired) electrons. The van der Waals surface area contributed by atoms with Gasteiger partial charge < -0.3 is 24.3 Å². The van der Waals surface area contributed by atoms with E-state index >= 15 is 0 Å². The van der Waals surface area contributed by atoms with Crippen molar-refractivity contribution in [3.63, 3.8) is 0 Å². The van der Waals surface area contributed by atoms with E-state index in [0.717, 1.165) is 5.56 Å². The maximum atomic E-state index is 11.9. The predicted octanol–water partition coefficient (Wildman–Crippen LogP) is 3.69. The molecule has 154 valence electrons. The molecule has 0 spiro atoms. The Morgan fingerprint density at radius 2 is 1.69 bits per heavy atom. The molecule has 0 aliphatic carbocycles. The summed E-state index contributed by atoms with van der Waals surface area (Å²) in [6, 6.07) is 12.2. The van der Waals surface area contributed by atoms with Crippen molar-refractivity contribution in [2.45, 2.75) is 13.8 Å². The molecule has 0 bridgehead atoms. The molecule has 0 aliphatic heterocycles. The summed E-state index contributed by atoms with van der Waals surface area (Å²) in [4.78, 5) is 23.8. The topological polar surface area (TPSA) is 83.1 Å². The molecule has 2 aromatic carbocycles. The number of ether oxygens (including phenoxy) is 4. The van der Waals surface area contributed by atoms with Crippen LogP contribution in [-0.4, -0.2) is 38.8 Å². The van der Waals surface area contributed by atoms with Crippen molar-refractivity contribution in [1.29, 1.82) is 0 Å². The van der Waals surface area contributed by atoms with Crippen LogP contribution in [0.4, 0.5) is 5.69 Å². The second-order valence-electron chi connectivity index (χ2n) is 5.79. The summed E-state index contributed by atoms with van der Waals surface area (Å²) in [6.07, 6.45) is 2.82. The van der Waals surface area contributed by atoms with E-state index in [9.17, 15) is 9.59 Å². The van der Waals surface area contributed by atoms with Crippen LogP contribution in [0.5, 0.6) is 17.2 Å². The SMILES string of the molecule is CCOc1ccc(NC(=O)COC(=O)/C=C/c2ccc(OCC)c(OC)c2)cc1. The van der Waals surface area contributed by atoms with Gasteiger partial charge in [0.15, 0.2) is 18.1 Å². The Balaban J connectivity index is 1.83. The largest absolute Gasteiger partial charge is 0.494 e. The average Bonchev–Trinajstić information content (AvgIpc) is 2.73. The maximum Gasteiger partial charge on any atom is 0.331 e. The first kappa shape index (κ1) is 21.8. The zero-order valence-electron chi connectivity index (χ0n) is 16.8. The molecule has 1 N–H and O–H groups in total. The Morgan fingerprint density at radius 1 is 0.966 bits per heavy atom. The molecule has 1 amide bonds. The highest BCUT2D eigenvalue weighted by Gasteiger charge is 2.07. The molecular formula is C22H25NO6. The molecule has 7 nitrogen and oxygen atoms in total. The number of rotatable bonds is 10. The van der Waals surface area contributed by atoms with Gasteiger partial charge in [0.2, 0.25) is 0 Å². The number of nitrogens with one attached hydrogen (secondary N) is 1. The number of esters is 1. The number of carbonyl (C=O) groups is 2. The van der Waals surface area contributed by atoms with E-state index in [4.69, 9.17) is 18.9 Å². The van der Waals surface area contributed by atoms with Crippen LogP contribution in [0.25, 0.3) is 6.08 Å². The highest BCUT2D eigenvalue weighted by Crippen LogP contribution is 2.28. The van der Waals surface area contributed by atoms with E-state index < -0.39 is 11.9 Å². The number of benzene rings is 2. The number of amides is 1. The first-order valence-corrected chi connectivity index (χ1v) is 9.24. The van der Waals surface area contributed by atoms with Crippen LogP contribution >= 0.6 is 0 Å². The highest BCUT2D eigenvalue weighted by molar-refractivity contribution is 5.94. The number of hydrogen-bond donors (Lipinski definition) is 1. The summed E-state index contributed by atoms with van der Waals surface area (Å²) in [5.41, 5.74) is 1.33. The zero-order chi connectivity index (χ0) is 21.1. The second kappa shape index (κ2) is 11.4. The smallest absolute Gasteiger partial charge is 0.331 e. The lowest BCUT2D eigenvalue weighted by atomic mass is 10.2.